The van der Waals surface area contributed by atoms with Crippen molar-refractivity contribution >= 4 is 52.9 Å². The highest BCUT2D eigenvalue weighted by Gasteiger charge is 2.20. The summed E-state index contributed by atoms with van der Waals surface area (Å²) in [5.74, 6) is 2.21. The summed E-state index contributed by atoms with van der Waals surface area (Å²) < 4.78 is 10.8. The Hall–Kier alpha value is -2.61. The summed E-state index contributed by atoms with van der Waals surface area (Å²) in [7, 11) is 3.24. The molecular weight excluding hydrogens is 427 g/mol. The van der Waals surface area contributed by atoms with Crippen LogP contribution in [0.5, 0.6) is 11.5 Å². The average Bonchev–Trinajstić information content (AvgIpc) is 2.73. The van der Waals surface area contributed by atoms with E-state index in [9.17, 15) is 0 Å². The molecule has 0 atom stereocenters. The second-order valence-electron chi connectivity index (χ2n) is 6.60. The minimum atomic E-state index is 0. The van der Waals surface area contributed by atoms with E-state index in [1.54, 1.807) is 14.2 Å². The zero-order chi connectivity index (χ0) is 18.8. The second kappa shape index (κ2) is 11.0. The number of nitrogen functional groups attached to an aromatic ring is 1. The molecule has 0 radical (unpaired) electrons. The maximum Gasteiger partial charge on any atom is 0.162 e. The summed E-state index contributed by atoms with van der Waals surface area (Å²) in [6, 6.07) is 16.2. The van der Waals surface area contributed by atoms with Crippen molar-refractivity contribution in [3.05, 3.63) is 48.5 Å². The van der Waals surface area contributed by atoms with Gasteiger partial charge < -0.3 is 30.5 Å². The van der Waals surface area contributed by atoms with Crippen molar-refractivity contribution in [2.75, 3.05) is 55.9 Å². The largest absolute Gasteiger partial charge is 0.493 e. The highest BCUT2D eigenvalue weighted by atomic mass is 35.5. The van der Waals surface area contributed by atoms with Gasteiger partial charge in [-0.2, -0.15) is 0 Å². The third-order valence-corrected chi connectivity index (χ3v) is 5.06. The molecule has 1 aliphatic heterocycles. The summed E-state index contributed by atoms with van der Waals surface area (Å²) in [5, 5.41) is 0.874. The molecule has 1 saturated heterocycles. The van der Waals surface area contributed by atoms with E-state index < -0.39 is 0 Å². The van der Waals surface area contributed by atoms with Crippen LogP contribution in [0.3, 0.4) is 0 Å². The number of methoxy groups -OCH3 is 2. The van der Waals surface area contributed by atoms with Crippen molar-refractivity contribution in [2.24, 2.45) is 0 Å². The first-order chi connectivity index (χ1) is 13.2. The van der Waals surface area contributed by atoms with Crippen molar-refractivity contribution in [3.63, 3.8) is 0 Å². The Labute approximate surface area is 188 Å². The Morgan fingerprint density at radius 2 is 1.40 bits per heavy atom. The fourth-order valence-electron chi connectivity index (χ4n) is 3.56. The van der Waals surface area contributed by atoms with Crippen molar-refractivity contribution in [3.8, 4) is 11.5 Å². The van der Waals surface area contributed by atoms with Gasteiger partial charge in [0, 0.05) is 55.1 Å². The van der Waals surface area contributed by atoms with E-state index in [1.807, 2.05) is 24.3 Å². The van der Waals surface area contributed by atoms with Crippen LogP contribution in [0.25, 0.3) is 10.9 Å². The molecule has 0 unspecified atom stereocenters. The van der Waals surface area contributed by atoms with Crippen LogP contribution in [-0.2, 0) is 0 Å². The molecule has 1 aliphatic rings. The maximum absolute atomic E-state index is 6.32. The second-order valence-corrected chi connectivity index (χ2v) is 6.60. The summed E-state index contributed by atoms with van der Waals surface area (Å²) in [6.45, 7) is 3.71. The smallest absolute Gasteiger partial charge is 0.162 e. The molecule has 0 amide bonds. The summed E-state index contributed by atoms with van der Waals surface area (Å²) >= 11 is 0. The summed E-state index contributed by atoms with van der Waals surface area (Å²) in [6.07, 6.45) is 0. The van der Waals surface area contributed by atoms with Crippen molar-refractivity contribution in [2.45, 2.75) is 0 Å². The number of hydrogen-bond acceptors (Lipinski definition) is 6. The third kappa shape index (κ3) is 4.92. The van der Waals surface area contributed by atoms with Gasteiger partial charge in [0.15, 0.2) is 11.5 Å². The maximum atomic E-state index is 6.32. The zero-order valence-corrected chi connectivity index (χ0v) is 18.6. The first-order valence-corrected chi connectivity index (χ1v) is 9.07. The van der Waals surface area contributed by atoms with E-state index >= 15 is 0 Å². The molecule has 1 aromatic heterocycles. The van der Waals surface area contributed by atoms with Crippen LogP contribution in [0.2, 0.25) is 0 Å². The Kier molecular flexibility index (Phi) is 9.29. The summed E-state index contributed by atoms with van der Waals surface area (Å²) in [4.78, 5) is 9.51. The topological polar surface area (TPSA) is 95.4 Å². The molecule has 3 aromatic rings. The molecule has 0 saturated carbocycles. The van der Waals surface area contributed by atoms with E-state index in [0.29, 0.717) is 17.2 Å². The van der Waals surface area contributed by atoms with Gasteiger partial charge in [0.1, 0.15) is 5.82 Å². The number of piperazine rings is 1. The minimum absolute atomic E-state index is 0. The Bertz CT molecular complexity index is 952. The number of para-hydroxylation sites is 1. The lowest BCUT2D eigenvalue weighted by molar-refractivity contribution is 0.356. The quantitative estimate of drug-likeness (QED) is 0.650. The van der Waals surface area contributed by atoms with Gasteiger partial charge in [-0.05, 0) is 18.2 Å². The van der Waals surface area contributed by atoms with Crippen LogP contribution in [0.1, 0.15) is 0 Å². The highest BCUT2D eigenvalue weighted by Crippen LogP contribution is 2.35. The predicted octanol–water partition coefficient (Wildman–Crippen LogP) is 3.18. The molecule has 0 spiro atoms. The first-order valence-electron chi connectivity index (χ1n) is 9.07. The average molecular weight is 455 g/mol. The van der Waals surface area contributed by atoms with E-state index in [1.165, 1.54) is 5.69 Å². The Morgan fingerprint density at radius 3 is 2.00 bits per heavy atom. The van der Waals surface area contributed by atoms with Crippen molar-refractivity contribution in [1.29, 1.82) is 0 Å². The molecule has 9 heteroatoms. The van der Waals surface area contributed by atoms with Crippen LogP contribution >= 0.6 is 24.8 Å². The molecule has 4 rings (SSSR count). The van der Waals surface area contributed by atoms with Gasteiger partial charge in [0.2, 0.25) is 0 Å². The molecule has 2 aromatic carbocycles. The molecule has 1 fully saturated rings. The lowest BCUT2D eigenvalue weighted by atomic mass is 10.1. The predicted molar refractivity (Wildman–Crippen MR) is 128 cm³/mol. The van der Waals surface area contributed by atoms with Gasteiger partial charge in [0.25, 0.3) is 0 Å². The first kappa shape index (κ1) is 25.4. The van der Waals surface area contributed by atoms with E-state index in [-0.39, 0.29) is 30.3 Å². The SMILES string of the molecule is COc1cc2nc(N3CCN(c4ccccc4)CC3)cc(N)c2cc1OC.Cl.Cl.O. The van der Waals surface area contributed by atoms with Crippen molar-refractivity contribution in [1.82, 2.24) is 4.98 Å². The molecule has 0 bridgehead atoms. The zero-order valence-electron chi connectivity index (χ0n) is 17.0. The lowest BCUT2D eigenvalue weighted by Gasteiger charge is -2.37. The van der Waals surface area contributed by atoms with Crippen LogP contribution in [0.15, 0.2) is 48.5 Å². The molecule has 2 heterocycles. The number of nitrogens with zero attached hydrogens (tertiary/aromatic N) is 3. The number of hydrogen-bond donors (Lipinski definition) is 1. The lowest BCUT2D eigenvalue weighted by Crippen LogP contribution is -2.46. The van der Waals surface area contributed by atoms with Crippen LogP contribution in [0, 0.1) is 0 Å². The minimum Gasteiger partial charge on any atom is -0.493 e. The van der Waals surface area contributed by atoms with Gasteiger partial charge >= 0.3 is 0 Å². The number of aromatic nitrogens is 1. The van der Waals surface area contributed by atoms with Crippen molar-refractivity contribution < 1.29 is 14.9 Å². The number of benzene rings is 2. The monoisotopic (exact) mass is 454 g/mol. The standard InChI is InChI=1S/C21H24N4O2.2ClH.H2O/c1-26-19-12-16-17(22)13-21(23-18(16)14-20(19)27-2)25-10-8-24(9-11-25)15-6-4-3-5-7-15;;;/h3-7,12-14H,8-11H2,1-2H3,(H2,22,23);2*1H;1H2. The van der Waals surface area contributed by atoms with E-state index in [4.69, 9.17) is 20.2 Å². The number of halogens is 2. The normalized spacial score (nSPS) is 13.0. The van der Waals surface area contributed by atoms with Gasteiger partial charge in [-0.1, -0.05) is 18.2 Å². The Morgan fingerprint density at radius 1 is 0.833 bits per heavy atom. The van der Waals surface area contributed by atoms with Gasteiger partial charge in [-0.15, -0.1) is 24.8 Å². The van der Waals surface area contributed by atoms with E-state index in [0.717, 1.165) is 42.9 Å². The molecule has 4 N–H and O–H groups in total. The number of nitrogens with two attached hydrogens (primary N) is 1. The van der Waals surface area contributed by atoms with Crippen LogP contribution in [0.4, 0.5) is 17.2 Å². The molecule has 7 nitrogen and oxygen atoms in total. The summed E-state index contributed by atoms with van der Waals surface area (Å²) in [5.41, 5.74) is 9.10. The van der Waals surface area contributed by atoms with Gasteiger partial charge in [-0.3, -0.25) is 0 Å². The number of ether oxygens (including phenoxy) is 2. The fraction of sp³-hybridized carbons (Fsp3) is 0.286. The Balaban J connectivity index is 0.00000150. The van der Waals surface area contributed by atoms with Gasteiger partial charge in [0.05, 0.1) is 19.7 Å². The third-order valence-electron chi connectivity index (χ3n) is 5.06. The fourth-order valence-corrected chi connectivity index (χ4v) is 3.56. The number of fused-ring (bicyclic) bond motifs is 1. The molecule has 0 aliphatic carbocycles. The molecular formula is C21H28Cl2N4O3. The van der Waals surface area contributed by atoms with Gasteiger partial charge in [-0.25, -0.2) is 4.98 Å². The number of pyridine rings is 1. The van der Waals surface area contributed by atoms with E-state index in [2.05, 4.69) is 34.1 Å². The highest BCUT2D eigenvalue weighted by molar-refractivity contribution is 5.94. The number of anilines is 3. The van der Waals surface area contributed by atoms with Crippen LogP contribution < -0.4 is 25.0 Å². The van der Waals surface area contributed by atoms with Crippen LogP contribution in [-0.4, -0.2) is 50.9 Å². The molecule has 30 heavy (non-hydrogen) atoms. The number of rotatable bonds is 4. The molecule has 164 valence electrons.